The average Bonchev–Trinajstić information content (AvgIpc) is 2.63. The van der Waals surface area contributed by atoms with Gasteiger partial charge in [-0.15, -0.1) is 0 Å². The van der Waals surface area contributed by atoms with Gasteiger partial charge in [-0.2, -0.15) is 0 Å². The van der Waals surface area contributed by atoms with Gasteiger partial charge >= 0.3 is 0 Å². The second-order valence-electron chi connectivity index (χ2n) is 5.71. The van der Waals surface area contributed by atoms with E-state index in [-0.39, 0.29) is 12.5 Å². The van der Waals surface area contributed by atoms with Crippen LogP contribution in [0.2, 0.25) is 0 Å². The van der Waals surface area contributed by atoms with E-state index in [4.69, 9.17) is 4.74 Å². The Morgan fingerprint density at radius 2 is 1.56 bits per heavy atom. The molecule has 2 N–H and O–H groups in total. The Labute approximate surface area is 147 Å². The Hall–Kier alpha value is -3.27. The van der Waals surface area contributed by atoms with Gasteiger partial charge in [-0.1, -0.05) is 30.3 Å². The molecule has 0 atom stereocenters. The molecule has 0 spiro atoms. The maximum atomic E-state index is 12.0. The van der Waals surface area contributed by atoms with Gasteiger partial charge < -0.3 is 15.4 Å². The molecule has 0 bridgehead atoms. The summed E-state index contributed by atoms with van der Waals surface area (Å²) in [5, 5.41) is 5.97. The molecule has 0 aliphatic rings. The average molecular weight is 332 g/mol. The van der Waals surface area contributed by atoms with Crippen LogP contribution < -0.4 is 15.4 Å². The molecule has 0 aliphatic heterocycles. The molecule has 4 nitrogen and oxygen atoms in total. The fraction of sp³-hybridized carbons (Fsp3) is 0.0952. The number of hydrogen-bond donors (Lipinski definition) is 2. The van der Waals surface area contributed by atoms with Crippen LogP contribution in [0.25, 0.3) is 0 Å². The summed E-state index contributed by atoms with van der Waals surface area (Å²) < 4.78 is 5.73. The van der Waals surface area contributed by atoms with Gasteiger partial charge in [0.1, 0.15) is 11.5 Å². The third kappa shape index (κ3) is 5.11. The fourth-order valence-corrected chi connectivity index (χ4v) is 2.37. The first kappa shape index (κ1) is 16.6. The summed E-state index contributed by atoms with van der Waals surface area (Å²) in [5.74, 6) is 1.40. The maximum absolute atomic E-state index is 12.0. The molecule has 0 saturated heterocycles. The van der Waals surface area contributed by atoms with Crippen molar-refractivity contribution in [1.29, 1.82) is 0 Å². The van der Waals surface area contributed by atoms with Crippen molar-refractivity contribution < 1.29 is 9.53 Å². The lowest BCUT2D eigenvalue weighted by Crippen LogP contribution is -2.21. The highest BCUT2D eigenvalue weighted by Gasteiger charge is 2.03. The standard InChI is InChI=1S/C21H20N2O2/c1-16-6-5-7-18(14-16)22-15-21(24)23-17-10-12-20(13-11-17)25-19-8-3-2-4-9-19/h2-14,22H,15H2,1H3,(H,23,24). The minimum absolute atomic E-state index is 0.0989. The zero-order valence-corrected chi connectivity index (χ0v) is 14.0. The van der Waals surface area contributed by atoms with Crippen molar-refractivity contribution in [2.45, 2.75) is 6.92 Å². The third-order valence-electron chi connectivity index (χ3n) is 3.59. The van der Waals surface area contributed by atoms with Gasteiger partial charge in [-0.05, 0) is 61.0 Å². The number of aryl methyl sites for hydroxylation is 1. The normalized spacial score (nSPS) is 10.1. The smallest absolute Gasteiger partial charge is 0.243 e. The summed E-state index contributed by atoms with van der Waals surface area (Å²) in [4.78, 5) is 12.0. The first-order valence-corrected chi connectivity index (χ1v) is 8.12. The Balaban J connectivity index is 1.51. The van der Waals surface area contributed by atoms with E-state index in [9.17, 15) is 4.79 Å². The van der Waals surface area contributed by atoms with Gasteiger partial charge in [-0.3, -0.25) is 4.79 Å². The zero-order valence-electron chi connectivity index (χ0n) is 14.0. The molecule has 0 fully saturated rings. The molecule has 3 rings (SSSR count). The van der Waals surface area contributed by atoms with Crippen LogP contribution in [0.15, 0.2) is 78.9 Å². The summed E-state index contributed by atoms with van der Waals surface area (Å²) in [6.45, 7) is 2.23. The van der Waals surface area contributed by atoms with Gasteiger partial charge in [0.15, 0.2) is 0 Å². The van der Waals surface area contributed by atoms with Gasteiger partial charge in [0.2, 0.25) is 5.91 Å². The summed E-state index contributed by atoms with van der Waals surface area (Å²) >= 11 is 0. The zero-order chi connectivity index (χ0) is 17.5. The second-order valence-corrected chi connectivity index (χ2v) is 5.71. The Bertz CT molecular complexity index is 830. The van der Waals surface area contributed by atoms with Gasteiger partial charge in [0, 0.05) is 11.4 Å². The Kier molecular flexibility index (Phi) is 5.32. The number of hydrogen-bond acceptors (Lipinski definition) is 3. The lowest BCUT2D eigenvalue weighted by molar-refractivity contribution is -0.114. The number of anilines is 2. The number of para-hydroxylation sites is 1. The van der Waals surface area contributed by atoms with E-state index in [0.29, 0.717) is 0 Å². The van der Waals surface area contributed by atoms with Crippen molar-refractivity contribution in [3.63, 3.8) is 0 Å². The molecular formula is C21H20N2O2. The second kappa shape index (κ2) is 8.02. The molecular weight excluding hydrogens is 312 g/mol. The van der Waals surface area contributed by atoms with Crippen molar-refractivity contribution in [3.8, 4) is 11.5 Å². The van der Waals surface area contributed by atoms with Crippen molar-refractivity contribution in [3.05, 3.63) is 84.4 Å². The molecule has 0 aliphatic carbocycles. The molecule has 3 aromatic carbocycles. The molecule has 0 saturated carbocycles. The van der Waals surface area contributed by atoms with Gasteiger partial charge in [-0.25, -0.2) is 0 Å². The number of nitrogens with one attached hydrogen (secondary N) is 2. The highest BCUT2D eigenvalue weighted by atomic mass is 16.5. The number of ether oxygens (including phenoxy) is 1. The van der Waals surface area contributed by atoms with Crippen LogP contribution in [-0.4, -0.2) is 12.5 Å². The highest BCUT2D eigenvalue weighted by Crippen LogP contribution is 2.22. The van der Waals surface area contributed by atoms with E-state index in [2.05, 4.69) is 10.6 Å². The third-order valence-corrected chi connectivity index (χ3v) is 3.59. The summed E-state index contributed by atoms with van der Waals surface area (Å²) in [7, 11) is 0. The molecule has 126 valence electrons. The monoisotopic (exact) mass is 332 g/mol. The molecule has 0 aromatic heterocycles. The molecule has 0 radical (unpaired) electrons. The molecule has 0 unspecified atom stereocenters. The first-order valence-electron chi connectivity index (χ1n) is 8.12. The number of rotatable bonds is 6. The van der Waals surface area contributed by atoms with E-state index in [0.717, 1.165) is 28.4 Å². The molecule has 1 amide bonds. The van der Waals surface area contributed by atoms with Crippen molar-refractivity contribution in [1.82, 2.24) is 0 Å². The number of amides is 1. The maximum Gasteiger partial charge on any atom is 0.243 e. The molecule has 25 heavy (non-hydrogen) atoms. The minimum Gasteiger partial charge on any atom is -0.457 e. The summed E-state index contributed by atoms with van der Waals surface area (Å²) in [6.07, 6.45) is 0. The van der Waals surface area contributed by atoms with Crippen LogP contribution in [0.1, 0.15) is 5.56 Å². The number of benzene rings is 3. The van der Waals surface area contributed by atoms with Crippen molar-refractivity contribution >= 4 is 17.3 Å². The lowest BCUT2D eigenvalue weighted by atomic mass is 10.2. The van der Waals surface area contributed by atoms with Crippen molar-refractivity contribution in [2.24, 2.45) is 0 Å². The first-order chi connectivity index (χ1) is 12.2. The number of carbonyl (C=O) groups excluding carboxylic acids is 1. The topological polar surface area (TPSA) is 50.4 Å². The minimum atomic E-state index is -0.0989. The van der Waals surface area contributed by atoms with Crippen LogP contribution in [0.5, 0.6) is 11.5 Å². The fourth-order valence-electron chi connectivity index (χ4n) is 2.37. The van der Waals surface area contributed by atoms with E-state index in [1.807, 2.05) is 85.8 Å². The Morgan fingerprint density at radius 3 is 2.28 bits per heavy atom. The molecule has 3 aromatic rings. The van der Waals surface area contributed by atoms with Crippen LogP contribution >= 0.6 is 0 Å². The largest absolute Gasteiger partial charge is 0.457 e. The summed E-state index contributed by atoms with van der Waals surface area (Å²) in [6, 6.07) is 24.8. The van der Waals surface area contributed by atoms with Crippen LogP contribution in [-0.2, 0) is 4.79 Å². The van der Waals surface area contributed by atoms with E-state index in [1.165, 1.54) is 0 Å². The quantitative estimate of drug-likeness (QED) is 0.679. The molecule has 4 heteroatoms. The molecule has 0 heterocycles. The number of carbonyl (C=O) groups is 1. The van der Waals surface area contributed by atoms with E-state index < -0.39 is 0 Å². The summed E-state index contributed by atoms with van der Waals surface area (Å²) in [5.41, 5.74) is 2.82. The van der Waals surface area contributed by atoms with Crippen LogP contribution in [0.4, 0.5) is 11.4 Å². The predicted octanol–water partition coefficient (Wildman–Crippen LogP) is 4.84. The van der Waals surface area contributed by atoms with Gasteiger partial charge in [0.25, 0.3) is 0 Å². The van der Waals surface area contributed by atoms with Gasteiger partial charge in [0.05, 0.1) is 6.54 Å². The van der Waals surface area contributed by atoms with Crippen LogP contribution in [0, 0.1) is 6.92 Å². The lowest BCUT2D eigenvalue weighted by Gasteiger charge is -2.09. The van der Waals surface area contributed by atoms with Crippen molar-refractivity contribution in [2.75, 3.05) is 17.2 Å². The van der Waals surface area contributed by atoms with E-state index >= 15 is 0 Å². The van der Waals surface area contributed by atoms with Crippen LogP contribution in [0.3, 0.4) is 0 Å². The Morgan fingerprint density at radius 1 is 0.840 bits per heavy atom. The predicted molar refractivity (Wildman–Crippen MR) is 101 cm³/mol. The highest BCUT2D eigenvalue weighted by molar-refractivity contribution is 5.93. The SMILES string of the molecule is Cc1cccc(NCC(=O)Nc2ccc(Oc3ccccc3)cc2)c1. The van der Waals surface area contributed by atoms with E-state index in [1.54, 1.807) is 0 Å².